The minimum atomic E-state index is -0.831. The van der Waals surface area contributed by atoms with Gasteiger partial charge in [0, 0.05) is 11.8 Å². The van der Waals surface area contributed by atoms with Gasteiger partial charge in [-0.25, -0.2) is 14.4 Å². The lowest BCUT2D eigenvalue weighted by Crippen LogP contribution is -2.44. The van der Waals surface area contributed by atoms with E-state index in [2.05, 4.69) is 54.4 Å². The third-order valence-corrected chi connectivity index (χ3v) is 8.88. The van der Waals surface area contributed by atoms with Crippen LogP contribution in [0.2, 0.25) is 0 Å². The average molecular weight is 726 g/mol. The second kappa shape index (κ2) is 22.7. The van der Waals surface area contributed by atoms with Gasteiger partial charge in [0.25, 0.3) is 0 Å². The van der Waals surface area contributed by atoms with Gasteiger partial charge in [-0.3, -0.25) is 4.90 Å². The third-order valence-electron chi connectivity index (χ3n) is 8.88. The van der Waals surface area contributed by atoms with Crippen molar-refractivity contribution < 1.29 is 38.1 Å². The number of amides is 2. The Labute approximate surface area is 311 Å². The highest BCUT2D eigenvalue weighted by molar-refractivity contribution is 6.02. The number of aliphatic imine (C=N–C) groups is 1. The van der Waals surface area contributed by atoms with Gasteiger partial charge in [-0.1, -0.05) is 94.0 Å². The number of hydrogen-bond acceptors (Lipinski definition) is 8. The summed E-state index contributed by atoms with van der Waals surface area (Å²) in [4.78, 5) is 41.5. The molecule has 1 saturated carbocycles. The van der Waals surface area contributed by atoms with Gasteiger partial charge in [0.1, 0.15) is 29.8 Å². The predicted molar refractivity (Wildman–Crippen MR) is 205 cm³/mol. The fraction of sp³-hybridized carbons (Fsp3) is 0.610. The summed E-state index contributed by atoms with van der Waals surface area (Å²) in [5, 5.41) is 0. The summed E-state index contributed by atoms with van der Waals surface area (Å²) in [6.07, 6.45) is 16.7. The molecule has 1 aliphatic heterocycles. The van der Waals surface area contributed by atoms with Crippen LogP contribution in [0.5, 0.6) is 5.75 Å². The van der Waals surface area contributed by atoms with E-state index in [0.717, 1.165) is 12.4 Å². The maximum atomic E-state index is 12.6. The molecule has 1 aliphatic carbocycles. The van der Waals surface area contributed by atoms with Crippen LogP contribution in [0.15, 0.2) is 65.7 Å². The number of amidine groups is 1. The van der Waals surface area contributed by atoms with E-state index in [-0.39, 0.29) is 32.0 Å². The Bertz CT molecular complexity index is 1350. The van der Waals surface area contributed by atoms with Gasteiger partial charge in [0.15, 0.2) is 0 Å². The number of nitrogens with zero attached hydrogens (tertiary/aromatic N) is 2. The van der Waals surface area contributed by atoms with E-state index in [1.165, 1.54) is 75.0 Å². The van der Waals surface area contributed by atoms with Crippen LogP contribution >= 0.6 is 0 Å². The van der Waals surface area contributed by atoms with Gasteiger partial charge in [-0.05, 0) is 71.6 Å². The first-order valence-electron chi connectivity index (χ1n) is 18.5. The fourth-order valence-electron chi connectivity index (χ4n) is 5.91. The van der Waals surface area contributed by atoms with Crippen LogP contribution in [-0.2, 0) is 23.7 Å². The van der Waals surface area contributed by atoms with E-state index in [1.54, 1.807) is 26.8 Å². The lowest BCUT2D eigenvalue weighted by atomic mass is 9.81. The Morgan fingerprint density at radius 2 is 1.67 bits per heavy atom. The number of methoxy groups -OCH3 is 1. The molecule has 2 aliphatic rings. The molecule has 290 valence electrons. The maximum absolute atomic E-state index is 12.6. The zero-order valence-electron chi connectivity index (χ0n) is 32.6. The monoisotopic (exact) mass is 725 g/mol. The third kappa shape index (κ3) is 16.9. The van der Waals surface area contributed by atoms with Crippen LogP contribution in [0.3, 0.4) is 0 Å². The van der Waals surface area contributed by atoms with Crippen molar-refractivity contribution in [1.29, 1.82) is 0 Å². The van der Waals surface area contributed by atoms with Crippen molar-refractivity contribution in [2.75, 3.05) is 33.5 Å². The average Bonchev–Trinajstić information content (AvgIpc) is 3.57. The molecular weight excluding hydrogens is 662 g/mol. The summed E-state index contributed by atoms with van der Waals surface area (Å²) in [5.41, 5.74) is 7.44. The van der Waals surface area contributed by atoms with Crippen LogP contribution in [0.25, 0.3) is 0 Å². The Kier molecular flexibility index (Phi) is 19.3. The molecule has 3 rings (SSSR count). The SMILES string of the molecule is C=CCOC(=O)[C@H]1C[C@H](OC/C=C(C/C=C\C)/C(N)=N/C(=O)OC)CN1C(=O)OC(C)(C)C.Cc1ccc(OCC2(C)CCCCCCCC2)cc1. The number of benzene rings is 1. The zero-order valence-corrected chi connectivity index (χ0v) is 32.6. The van der Waals surface area contributed by atoms with Crippen LogP contribution in [0.4, 0.5) is 9.59 Å². The van der Waals surface area contributed by atoms with E-state index in [4.69, 9.17) is 24.7 Å². The van der Waals surface area contributed by atoms with Crippen LogP contribution in [0.1, 0.15) is 104 Å². The first-order valence-corrected chi connectivity index (χ1v) is 18.5. The van der Waals surface area contributed by atoms with Gasteiger partial charge >= 0.3 is 18.2 Å². The molecule has 2 amide bonds. The molecule has 0 aromatic heterocycles. The number of esters is 1. The summed E-state index contributed by atoms with van der Waals surface area (Å²) < 4.78 is 27.0. The Hall–Kier alpha value is -4.12. The zero-order chi connectivity index (χ0) is 38.6. The van der Waals surface area contributed by atoms with Crippen LogP contribution in [-0.4, -0.2) is 80.1 Å². The number of allylic oxidation sites excluding steroid dienone is 2. The van der Waals surface area contributed by atoms with Gasteiger partial charge in [-0.2, -0.15) is 4.99 Å². The molecule has 52 heavy (non-hydrogen) atoms. The molecule has 0 spiro atoms. The second-order valence-electron chi connectivity index (χ2n) is 14.8. The molecule has 1 aromatic carbocycles. The summed E-state index contributed by atoms with van der Waals surface area (Å²) in [6, 6.07) is 7.60. The summed E-state index contributed by atoms with van der Waals surface area (Å²) in [7, 11) is 1.21. The number of rotatable bonds is 12. The molecular formula is C41H63N3O8. The Balaban J connectivity index is 0.000000414. The molecule has 2 atom stereocenters. The predicted octanol–water partition coefficient (Wildman–Crippen LogP) is 8.64. The first kappa shape index (κ1) is 44.0. The quantitative estimate of drug-likeness (QED) is 0.0737. The topological polar surface area (TPSA) is 139 Å². The van der Waals surface area contributed by atoms with E-state index in [1.807, 2.05) is 19.1 Å². The van der Waals surface area contributed by atoms with Crippen LogP contribution in [0, 0.1) is 12.3 Å². The molecule has 0 radical (unpaired) electrons. The molecule has 0 unspecified atom stereocenters. The number of hydrogen-bond donors (Lipinski definition) is 1. The van der Waals surface area contributed by atoms with Crippen molar-refractivity contribution in [2.45, 2.75) is 123 Å². The molecule has 2 fully saturated rings. The minimum Gasteiger partial charge on any atom is -0.493 e. The van der Waals surface area contributed by atoms with Crippen molar-refractivity contribution >= 4 is 24.0 Å². The van der Waals surface area contributed by atoms with E-state index in [9.17, 15) is 14.4 Å². The largest absolute Gasteiger partial charge is 0.493 e. The van der Waals surface area contributed by atoms with E-state index < -0.39 is 35.9 Å². The number of likely N-dealkylation sites (tertiary alicyclic amines) is 1. The minimum absolute atomic E-state index is 0.0243. The van der Waals surface area contributed by atoms with Crippen molar-refractivity contribution in [2.24, 2.45) is 16.1 Å². The lowest BCUT2D eigenvalue weighted by molar-refractivity contribution is -0.147. The number of nitrogens with two attached hydrogens (primary N) is 1. The van der Waals surface area contributed by atoms with E-state index in [0.29, 0.717) is 17.4 Å². The Morgan fingerprint density at radius 3 is 2.25 bits per heavy atom. The molecule has 2 N–H and O–H groups in total. The fourth-order valence-corrected chi connectivity index (χ4v) is 5.91. The molecule has 0 bridgehead atoms. The van der Waals surface area contributed by atoms with Gasteiger partial charge in [0.05, 0.1) is 33.0 Å². The normalized spacial score (nSPS) is 19.7. The smallest absolute Gasteiger partial charge is 0.435 e. The summed E-state index contributed by atoms with van der Waals surface area (Å²) >= 11 is 0. The van der Waals surface area contributed by atoms with Gasteiger partial charge in [0.2, 0.25) is 0 Å². The number of aryl methyl sites for hydroxylation is 1. The van der Waals surface area contributed by atoms with Crippen molar-refractivity contribution in [3.8, 4) is 5.75 Å². The standard InChI is InChI=1S/C23H35N3O7.C18H28O/c1-7-9-10-16(19(24)25-21(28)30-6)11-13-31-17-14-18(20(27)32-12-8-2)26(15-17)22(29)33-23(3,4)5;1-16-9-11-17(12-10-16)19-15-18(2)13-7-5-3-4-6-8-14-18/h7-9,11,17-18H,2,10,12-15H2,1,3-6H3,(H2,24,25,28);9-12H,3-8,13-15H2,1-2H3/b9-7-,16-11+;/t17-,18+;/m0./s1. The highest BCUT2D eigenvalue weighted by Crippen LogP contribution is 2.34. The molecule has 11 heteroatoms. The summed E-state index contributed by atoms with van der Waals surface area (Å²) in [5.74, 6) is 0.494. The number of carbonyl (C=O) groups is 3. The Morgan fingerprint density at radius 1 is 1.04 bits per heavy atom. The molecule has 1 saturated heterocycles. The van der Waals surface area contributed by atoms with Gasteiger partial charge < -0.3 is 29.4 Å². The van der Waals surface area contributed by atoms with Crippen molar-refractivity contribution in [1.82, 2.24) is 4.90 Å². The molecule has 11 nitrogen and oxygen atoms in total. The van der Waals surface area contributed by atoms with Crippen molar-refractivity contribution in [3.63, 3.8) is 0 Å². The molecule has 1 heterocycles. The second-order valence-corrected chi connectivity index (χ2v) is 14.8. The highest BCUT2D eigenvalue weighted by Gasteiger charge is 2.43. The number of ether oxygens (including phenoxy) is 5. The highest BCUT2D eigenvalue weighted by atomic mass is 16.6. The summed E-state index contributed by atoms with van der Waals surface area (Å²) in [6.45, 7) is 16.4. The maximum Gasteiger partial charge on any atom is 0.435 e. The van der Waals surface area contributed by atoms with Crippen LogP contribution < -0.4 is 10.5 Å². The lowest BCUT2D eigenvalue weighted by Gasteiger charge is -2.29. The van der Waals surface area contributed by atoms with E-state index >= 15 is 0 Å². The first-order chi connectivity index (χ1) is 24.7. The molecule has 1 aromatic rings. The van der Waals surface area contributed by atoms with Gasteiger partial charge in [-0.15, -0.1) is 0 Å². The van der Waals surface area contributed by atoms with Crippen molar-refractivity contribution in [3.05, 3.63) is 66.3 Å². The number of carbonyl (C=O) groups excluding carboxylic acids is 3.